The fourth-order valence-electron chi connectivity index (χ4n) is 1.58. The minimum Gasteiger partial charge on any atom is -0.258 e. The molecule has 0 aliphatic carbocycles. The molecule has 7 heteroatoms. The molecule has 0 saturated carbocycles. The van der Waals surface area contributed by atoms with Gasteiger partial charge in [0.25, 0.3) is 5.69 Å². The first-order valence-electron chi connectivity index (χ1n) is 4.59. The van der Waals surface area contributed by atoms with Crippen molar-refractivity contribution in [2.45, 2.75) is 4.90 Å². The van der Waals surface area contributed by atoms with E-state index in [-0.39, 0.29) is 10.6 Å². The van der Waals surface area contributed by atoms with Crippen LogP contribution >= 0.6 is 0 Å². The highest BCUT2D eigenvalue weighted by molar-refractivity contribution is 7.89. The summed E-state index contributed by atoms with van der Waals surface area (Å²) in [7, 11) is -3.80. The van der Waals surface area contributed by atoms with E-state index in [1.807, 2.05) is 0 Å². The molecule has 88 valence electrons. The van der Waals surface area contributed by atoms with Crippen LogP contribution in [0.1, 0.15) is 0 Å². The number of benzene rings is 2. The van der Waals surface area contributed by atoms with Gasteiger partial charge < -0.3 is 0 Å². The number of hydrogen-bond acceptors (Lipinski definition) is 4. The number of nitro groups is 1. The first kappa shape index (κ1) is 11.5. The van der Waals surface area contributed by atoms with Crippen molar-refractivity contribution in [2.75, 3.05) is 0 Å². The average Bonchev–Trinajstić information content (AvgIpc) is 2.26. The molecule has 0 fully saturated rings. The van der Waals surface area contributed by atoms with E-state index in [0.717, 1.165) is 0 Å². The van der Waals surface area contributed by atoms with Crippen LogP contribution in [0.2, 0.25) is 0 Å². The number of sulfonamides is 1. The van der Waals surface area contributed by atoms with Gasteiger partial charge in [-0.1, -0.05) is 12.1 Å². The van der Waals surface area contributed by atoms with Crippen LogP contribution in [0.5, 0.6) is 0 Å². The molecule has 2 rings (SSSR count). The second kappa shape index (κ2) is 3.79. The zero-order valence-electron chi connectivity index (χ0n) is 8.53. The van der Waals surface area contributed by atoms with Crippen molar-refractivity contribution in [2.24, 2.45) is 5.14 Å². The minimum absolute atomic E-state index is 0.0644. The standard InChI is InChI=1S/C10H8N2O4S/c11-17(15,16)8-4-5-9-7(6-8)2-1-3-10(9)12(13)14/h1-6H,(H2,11,15,16). The topological polar surface area (TPSA) is 103 Å². The van der Waals surface area contributed by atoms with Crippen molar-refractivity contribution in [3.63, 3.8) is 0 Å². The Morgan fingerprint density at radius 1 is 1.18 bits per heavy atom. The molecule has 2 N–H and O–H groups in total. The molecule has 0 radical (unpaired) electrons. The fourth-order valence-corrected chi connectivity index (χ4v) is 2.13. The van der Waals surface area contributed by atoms with Crippen LogP contribution in [0, 0.1) is 10.1 Å². The van der Waals surface area contributed by atoms with Crippen LogP contribution in [0.15, 0.2) is 41.3 Å². The Labute approximate surface area is 96.9 Å². The maximum absolute atomic E-state index is 11.1. The SMILES string of the molecule is NS(=O)(=O)c1ccc2c([N+](=O)[O-])cccc2c1. The largest absolute Gasteiger partial charge is 0.277 e. The van der Waals surface area contributed by atoms with E-state index in [0.29, 0.717) is 10.8 Å². The molecule has 2 aromatic carbocycles. The molecule has 0 bridgehead atoms. The Bertz CT molecular complexity index is 709. The van der Waals surface area contributed by atoms with E-state index in [4.69, 9.17) is 5.14 Å². The second-order valence-corrected chi connectivity index (χ2v) is 5.02. The number of nitrogens with two attached hydrogens (primary N) is 1. The third-order valence-electron chi connectivity index (χ3n) is 2.35. The van der Waals surface area contributed by atoms with Gasteiger partial charge in [-0.3, -0.25) is 10.1 Å². The van der Waals surface area contributed by atoms with Crippen molar-refractivity contribution in [3.05, 3.63) is 46.5 Å². The molecule has 6 nitrogen and oxygen atoms in total. The van der Waals surface area contributed by atoms with Gasteiger partial charge in [-0.05, 0) is 23.6 Å². The summed E-state index contributed by atoms with van der Waals surface area (Å²) >= 11 is 0. The molecule has 0 spiro atoms. The summed E-state index contributed by atoms with van der Waals surface area (Å²) < 4.78 is 22.3. The highest BCUT2D eigenvalue weighted by Crippen LogP contribution is 2.26. The number of hydrogen-bond donors (Lipinski definition) is 1. The van der Waals surface area contributed by atoms with Crippen LogP contribution in [0.4, 0.5) is 5.69 Å². The highest BCUT2D eigenvalue weighted by Gasteiger charge is 2.14. The van der Waals surface area contributed by atoms with Crippen LogP contribution in [0.3, 0.4) is 0 Å². The molecular weight excluding hydrogens is 244 g/mol. The van der Waals surface area contributed by atoms with Gasteiger partial charge in [0.05, 0.1) is 15.2 Å². The number of rotatable bonds is 2. The third kappa shape index (κ3) is 2.10. The Morgan fingerprint density at radius 2 is 1.88 bits per heavy atom. The molecule has 0 saturated heterocycles. The number of nitro benzene ring substituents is 1. The Hall–Kier alpha value is -1.99. The minimum atomic E-state index is -3.80. The van der Waals surface area contributed by atoms with Gasteiger partial charge in [-0.25, -0.2) is 13.6 Å². The Balaban J connectivity index is 2.78. The molecule has 0 unspecified atom stereocenters. The van der Waals surface area contributed by atoms with E-state index in [1.165, 1.54) is 30.3 Å². The average molecular weight is 252 g/mol. The summed E-state index contributed by atoms with van der Waals surface area (Å²) in [6, 6.07) is 8.40. The van der Waals surface area contributed by atoms with Gasteiger partial charge in [0, 0.05) is 6.07 Å². The molecule has 0 aliphatic heterocycles. The van der Waals surface area contributed by atoms with Crippen LogP contribution < -0.4 is 5.14 Å². The lowest BCUT2D eigenvalue weighted by Gasteiger charge is -2.02. The van der Waals surface area contributed by atoms with Crippen LogP contribution in [-0.4, -0.2) is 13.3 Å². The van der Waals surface area contributed by atoms with Crippen LogP contribution in [0.25, 0.3) is 10.8 Å². The zero-order valence-corrected chi connectivity index (χ0v) is 9.35. The quantitative estimate of drug-likeness (QED) is 0.644. The maximum Gasteiger partial charge on any atom is 0.277 e. The summed E-state index contributed by atoms with van der Waals surface area (Å²) in [5.74, 6) is 0. The lowest BCUT2D eigenvalue weighted by atomic mass is 10.1. The fraction of sp³-hybridized carbons (Fsp3) is 0. The van der Waals surface area contributed by atoms with E-state index in [1.54, 1.807) is 6.07 Å². The van der Waals surface area contributed by atoms with E-state index < -0.39 is 14.9 Å². The van der Waals surface area contributed by atoms with Gasteiger partial charge in [-0.2, -0.15) is 0 Å². The summed E-state index contributed by atoms with van der Waals surface area (Å²) in [6.45, 7) is 0. The van der Waals surface area contributed by atoms with Crippen molar-refractivity contribution in [3.8, 4) is 0 Å². The van der Waals surface area contributed by atoms with Gasteiger partial charge in [0.2, 0.25) is 10.0 Å². The maximum atomic E-state index is 11.1. The second-order valence-electron chi connectivity index (χ2n) is 3.46. The number of fused-ring (bicyclic) bond motifs is 1. The normalized spacial score (nSPS) is 11.6. The lowest BCUT2D eigenvalue weighted by Crippen LogP contribution is -2.11. The van der Waals surface area contributed by atoms with Gasteiger partial charge >= 0.3 is 0 Å². The summed E-state index contributed by atoms with van der Waals surface area (Å²) in [5, 5.41) is 16.6. The number of nitrogens with zero attached hydrogens (tertiary/aromatic N) is 1. The Morgan fingerprint density at radius 3 is 2.47 bits per heavy atom. The van der Waals surface area contributed by atoms with E-state index in [2.05, 4.69) is 0 Å². The van der Waals surface area contributed by atoms with Crippen molar-refractivity contribution in [1.29, 1.82) is 0 Å². The lowest BCUT2D eigenvalue weighted by molar-refractivity contribution is -0.383. The van der Waals surface area contributed by atoms with Crippen molar-refractivity contribution < 1.29 is 13.3 Å². The van der Waals surface area contributed by atoms with Gasteiger partial charge in [0.1, 0.15) is 0 Å². The molecule has 2 aromatic rings. The van der Waals surface area contributed by atoms with Gasteiger partial charge in [0.15, 0.2) is 0 Å². The van der Waals surface area contributed by atoms with E-state index >= 15 is 0 Å². The first-order valence-corrected chi connectivity index (χ1v) is 6.14. The predicted octanol–water partition coefficient (Wildman–Crippen LogP) is 1.40. The third-order valence-corrected chi connectivity index (χ3v) is 3.27. The Kier molecular flexibility index (Phi) is 2.56. The summed E-state index contributed by atoms with van der Waals surface area (Å²) in [4.78, 5) is 10.2. The van der Waals surface area contributed by atoms with E-state index in [9.17, 15) is 18.5 Å². The molecule has 0 heterocycles. The van der Waals surface area contributed by atoms with Crippen molar-refractivity contribution in [1.82, 2.24) is 0 Å². The molecule has 17 heavy (non-hydrogen) atoms. The molecule has 0 atom stereocenters. The molecule has 0 aromatic heterocycles. The molecular formula is C10H8N2O4S. The number of non-ortho nitro benzene ring substituents is 1. The number of primary sulfonamides is 1. The first-order chi connectivity index (χ1) is 7.89. The molecule has 0 aliphatic rings. The van der Waals surface area contributed by atoms with Gasteiger partial charge in [-0.15, -0.1) is 0 Å². The highest BCUT2D eigenvalue weighted by atomic mass is 32.2. The predicted molar refractivity (Wildman–Crippen MR) is 62.0 cm³/mol. The van der Waals surface area contributed by atoms with Crippen LogP contribution in [-0.2, 0) is 10.0 Å². The summed E-state index contributed by atoms with van der Waals surface area (Å²) in [6.07, 6.45) is 0. The van der Waals surface area contributed by atoms with Crippen molar-refractivity contribution >= 4 is 26.5 Å². The summed E-state index contributed by atoms with van der Waals surface area (Å²) in [5.41, 5.74) is -0.0662. The zero-order chi connectivity index (χ0) is 12.6. The molecule has 0 amide bonds. The monoisotopic (exact) mass is 252 g/mol. The smallest absolute Gasteiger partial charge is 0.258 e.